The second kappa shape index (κ2) is 7.36. The van der Waals surface area contributed by atoms with Gasteiger partial charge in [0.1, 0.15) is 0 Å². The highest BCUT2D eigenvalue weighted by molar-refractivity contribution is 5.80. The molecule has 1 aliphatic heterocycles. The third kappa shape index (κ3) is 4.29. The maximum Gasteiger partial charge on any atom is 0.236 e. The Morgan fingerprint density at radius 3 is 2.44 bits per heavy atom. The summed E-state index contributed by atoms with van der Waals surface area (Å²) in [6, 6.07) is 0.373. The SMILES string of the molecule is CCC(C)NCC(=O)N1CCC(C(=O)NC)CC1. The maximum absolute atomic E-state index is 11.9. The van der Waals surface area contributed by atoms with Crippen molar-refractivity contribution in [1.29, 1.82) is 0 Å². The molecule has 1 heterocycles. The minimum atomic E-state index is 0.0709. The van der Waals surface area contributed by atoms with Gasteiger partial charge in [-0.3, -0.25) is 9.59 Å². The molecule has 0 radical (unpaired) electrons. The van der Waals surface area contributed by atoms with E-state index in [1.807, 2.05) is 4.90 Å². The lowest BCUT2D eigenvalue weighted by atomic mass is 9.96. The molecule has 18 heavy (non-hydrogen) atoms. The van der Waals surface area contributed by atoms with Gasteiger partial charge in [-0.2, -0.15) is 0 Å². The number of carbonyl (C=O) groups excluding carboxylic acids is 2. The average molecular weight is 255 g/mol. The zero-order valence-corrected chi connectivity index (χ0v) is 11.7. The summed E-state index contributed by atoms with van der Waals surface area (Å²) in [4.78, 5) is 25.3. The van der Waals surface area contributed by atoms with Crippen molar-refractivity contribution in [2.75, 3.05) is 26.7 Å². The van der Waals surface area contributed by atoms with Gasteiger partial charge in [-0.05, 0) is 26.2 Å². The number of hydrogen-bond acceptors (Lipinski definition) is 3. The Kier molecular flexibility index (Phi) is 6.12. The molecule has 0 aromatic heterocycles. The summed E-state index contributed by atoms with van der Waals surface area (Å²) in [5, 5.41) is 5.88. The van der Waals surface area contributed by atoms with Crippen LogP contribution in [0.2, 0.25) is 0 Å². The highest BCUT2D eigenvalue weighted by Crippen LogP contribution is 2.17. The molecule has 2 amide bonds. The van der Waals surface area contributed by atoms with Crippen LogP contribution in [-0.4, -0.2) is 49.4 Å². The topological polar surface area (TPSA) is 61.4 Å². The van der Waals surface area contributed by atoms with Crippen molar-refractivity contribution >= 4 is 11.8 Å². The van der Waals surface area contributed by atoms with E-state index in [2.05, 4.69) is 24.5 Å². The minimum absolute atomic E-state index is 0.0709. The molecule has 1 unspecified atom stereocenters. The van der Waals surface area contributed by atoms with Gasteiger partial charge < -0.3 is 15.5 Å². The predicted octanol–water partition coefficient (Wildman–Crippen LogP) is 0.359. The van der Waals surface area contributed by atoms with Crippen LogP contribution in [0.25, 0.3) is 0 Å². The van der Waals surface area contributed by atoms with Gasteiger partial charge in [-0.25, -0.2) is 0 Å². The van der Waals surface area contributed by atoms with Gasteiger partial charge in [0, 0.05) is 32.1 Å². The Labute approximate surface area is 109 Å². The van der Waals surface area contributed by atoms with Gasteiger partial charge in [0.15, 0.2) is 0 Å². The van der Waals surface area contributed by atoms with Crippen LogP contribution in [0.15, 0.2) is 0 Å². The summed E-state index contributed by atoms with van der Waals surface area (Å²) in [5.41, 5.74) is 0. The van der Waals surface area contributed by atoms with Crippen molar-refractivity contribution < 1.29 is 9.59 Å². The molecule has 0 spiro atoms. The number of likely N-dealkylation sites (tertiary alicyclic amines) is 1. The summed E-state index contributed by atoms with van der Waals surface area (Å²) < 4.78 is 0. The molecule has 1 rings (SSSR count). The van der Waals surface area contributed by atoms with E-state index in [1.165, 1.54) is 0 Å². The number of carbonyl (C=O) groups is 2. The lowest BCUT2D eigenvalue weighted by molar-refractivity contribution is -0.134. The quantitative estimate of drug-likeness (QED) is 0.745. The molecule has 5 nitrogen and oxygen atoms in total. The monoisotopic (exact) mass is 255 g/mol. The maximum atomic E-state index is 11.9. The van der Waals surface area contributed by atoms with Crippen molar-refractivity contribution in [1.82, 2.24) is 15.5 Å². The van der Waals surface area contributed by atoms with E-state index in [-0.39, 0.29) is 17.7 Å². The molecule has 1 saturated heterocycles. The first-order chi connectivity index (χ1) is 8.58. The fraction of sp³-hybridized carbons (Fsp3) is 0.846. The van der Waals surface area contributed by atoms with Gasteiger partial charge in [-0.1, -0.05) is 6.92 Å². The molecule has 1 fully saturated rings. The molecule has 104 valence electrons. The van der Waals surface area contributed by atoms with E-state index in [4.69, 9.17) is 0 Å². The lowest BCUT2D eigenvalue weighted by Crippen LogP contribution is -2.46. The van der Waals surface area contributed by atoms with Crippen LogP contribution < -0.4 is 10.6 Å². The zero-order valence-electron chi connectivity index (χ0n) is 11.7. The largest absolute Gasteiger partial charge is 0.359 e. The van der Waals surface area contributed by atoms with Gasteiger partial charge in [-0.15, -0.1) is 0 Å². The second-order valence-corrected chi connectivity index (χ2v) is 4.96. The zero-order chi connectivity index (χ0) is 13.5. The molecular formula is C13H25N3O2. The summed E-state index contributed by atoms with van der Waals surface area (Å²) in [7, 11) is 1.66. The van der Waals surface area contributed by atoms with E-state index in [1.54, 1.807) is 7.05 Å². The van der Waals surface area contributed by atoms with E-state index in [9.17, 15) is 9.59 Å². The van der Waals surface area contributed by atoms with Crippen LogP contribution in [0.4, 0.5) is 0 Å². The first kappa shape index (κ1) is 15.0. The third-order valence-corrected chi connectivity index (χ3v) is 3.68. The number of rotatable bonds is 5. The van der Waals surface area contributed by atoms with E-state index >= 15 is 0 Å². The van der Waals surface area contributed by atoms with Crippen molar-refractivity contribution in [3.8, 4) is 0 Å². The number of nitrogens with zero attached hydrogens (tertiary/aromatic N) is 1. The van der Waals surface area contributed by atoms with E-state index in [0.29, 0.717) is 25.7 Å². The van der Waals surface area contributed by atoms with Gasteiger partial charge in [0.25, 0.3) is 0 Å². The summed E-state index contributed by atoms with van der Waals surface area (Å²) in [6.45, 7) is 5.96. The molecular weight excluding hydrogens is 230 g/mol. The number of piperidine rings is 1. The number of nitrogens with one attached hydrogen (secondary N) is 2. The highest BCUT2D eigenvalue weighted by Gasteiger charge is 2.26. The molecule has 1 aliphatic rings. The van der Waals surface area contributed by atoms with Crippen molar-refractivity contribution in [2.45, 2.75) is 39.2 Å². The average Bonchev–Trinajstić information content (AvgIpc) is 2.43. The second-order valence-electron chi connectivity index (χ2n) is 4.96. The minimum Gasteiger partial charge on any atom is -0.359 e. The fourth-order valence-corrected chi connectivity index (χ4v) is 2.11. The molecule has 0 saturated carbocycles. The van der Waals surface area contributed by atoms with Gasteiger partial charge in [0.05, 0.1) is 6.54 Å². The van der Waals surface area contributed by atoms with Gasteiger partial charge in [0.2, 0.25) is 11.8 Å². The molecule has 0 aromatic carbocycles. The van der Waals surface area contributed by atoms with Crippen LogP contribution in [0, 0.1) is 5.92 Å². The Morgan fingerprint density at radius 2 is 1.94 bits per heavy atom. The molecule has 0 bridgehead atoms. The van der Waals surface area contributed by atoms with E-state index < -0.39 is 0 Å². The highest BCUT2D eigenvalue weighted by atomic mass is 16.2. The third-order valence-electron chi connectivity index (χ3n) is 3.68. The summed E-state index contributed by atoms with van der Waals surface area (Å²) >= 11 is 0. The smallest absolute Gasteiger partial charge is 0.236 e. The van der Waals surface area contributed by atoms with Crippen molar-refractivity contribution in [2.24, 2.45) is 5.92 Å². The molecule has 5 heteroatoms. The Bertz CT molecular complexity index is 286. The number of hydrogen-bond donors (Lipinski definition) is 2. The predicted molar refractivity (Wildman–Crippen MR) is 71.1 cm³/mol. The molecule has 0 aromatic rings. The van der Waals surface area contributed by atoms with Crippen molar-refractivity contribution in [3.05, 3.63) is 0 Å². The first-order valence-electron chi connectivity index (χ1n) is 6.81. The van der Waals surface area contributed by atoms with Crippen LogP contribution in [0.1, 0.15) is 33.1 Å². The summed E-state index contributed by atoms with van der Waals surface area (Å²) in [5.74, 6) is 0.312. The van der Waals surface area contributed by atoms with Crippen LogP contribution in [-0.2, 0) is 9.59 Å². The van der Waals surface area contributed by atoms with Gasteiger partial charge >= 0.3 is 0 Å². The lowest BCUT2D eigenvalue weighted by Gasteiger charge is -2.31. The Morgan fingerprint density at radius 1 is 1.33 bits per heavy atom. The Hall–Kier alpha value is -1.10. The summed E-state index contributed by atoms with van der Waals surface area (Å²) in [6.07, 6.45) is 2.56. The number of amides is 2. The first-order valence-corrected chi connectivity index (χ1v) is 6.81. The molecule has 1 atom stereocenters. The van der Waals surface area contributed by atoms with Crippen molar-refractivity contribution in [3.63, 3.8) is 0 Å². The van der Waals surface area contributed by atoms with Crippen LogP contribution in [0.3, 0.4) is 0 Å². The van der Waals surface area contributed by atoms with Crippen LogP contribution in [0.5, 0.6) is 0 Å². The van der Waals surface area contributed by atoms with E-state index in [0.717, 1.165) is 19.3 Å². The molecule has 0 aliphatic carbocycles. The molecule has 2 N–H and O–H groups in total. The van der Waals surface area contributed by atoms with Crippen LogP contribution >= 0.6 is 0 Å². The fourth-order valence-electron chi connectivity index (χ4n) is 2.11. The standard InChI is InChI=1S/C13H25N3O2/c1-4-10(2)15-9-12(17)16-7-5-11(6-8-16)13(18)14-3/h10-11,15H,4-9H2,1-3H3,(H,14,18). The Balaban J connectivity index is 2.29. The normalized spacial score (nSPS) is 18.5.